The van der Waals surface area contributed by atoms with Crippen LogP contribution in [-0.2, 0) is 4.34 Å². The highest BCUT2D eigenvalue weighted by Crippen LogP contribution is 2.47. The Labute approximate surface area is 119 Å². The van der Waals surface area contributed by atoms with Gasteiger partial charge in [-0.25, -0.2) is 5.47 Å². The fourth-order valence-corrected chi connectivity index (χ4v) is 7.77. The van der Waals surface area contributed by atoms with Gasteiger partial charge in [-0.15, -0.1) is 0 Å². The Morgan fingerprint density at radius 1 is 1.00 bits per heavy atom. The second-order valence-corrected chi connectivity index (χ2v) is 9.97. The first kappa shape index (κ1) is 14.6. The Bertz CT molecular complexity index is 475. The molecule has 0 aliphatic carbocycles. The molecule has 1 aliphatic heterocycles. The van der Waals surface area contributed by atoms with Crippen LogP contribution in [0, 0.1) is 0 Å². The van der Waals surface area contributed by atoms with Gasteiger partial charge in [0, 0.05) is 0 Å². The van der Waals surface area contributed by atoms with Crippen molar-refractivity contribution in [2.45, 2.75) is 52.9 Å². The average Bonchev–Trinajstić information content (AvgIpc) is 2.67. The van der Waals surface area contributed by atoms with Gasteiger partial charge in [0.25, 0.3) is 0 Å². The number of hydrogen-bond acceptors (Lipinski definition) is 1. The van der Waals surface area contributed by atoms with E-state index in [1.165, 1.54) is 5.56 Å². The van der Waals surface area contributed by atoms with Crippen LogP contribution in [-0.4, -0.2) is 14.7 Å². The van der Waals surface area contributed by atoms with Gasteiger partial charge in [-0.3, -0.25) is 0 Å². The number of hydrogen-bond donors (Lipinski definition) is 0. The van der Waals surface area contributed by atoms with Gasteiger partial charge in [-0.05, 0) is 18.7 Å². The van der Waals surface area contributed by atoms with E-state index in [1.54, 1.807) is 10.7 Å². The van der Waals surface area contributed by atoms with E-state index in [0.29, 0.717) is 0 Å². The lowest BCUT2D eigenvalue weighted by Crippen LogP contribution is -2.42. The molecule has 19 heavy (non-hydrogen) atoms. The molecule has 0 fully saturated rings. The van der Waals surface area contributed by atoms with E-state index in [2.05, 4.69) is 64.2 Å². The Morgan fingerprint density at radius 2 is 1.58 bits per heavy atom. The molecule has 0 radical (unpaired) electrons. The molecule has 0 aromatic heterocycles. The molecule has 0 saturated carbocycles. The Balaban J connectivity index is 2.64. The van der Waals surface area contributed by atoms with E-state index >= 15 is 0 Å². The molecule has 1 heterocycles. The quantitative estimate of drug-likeness (QED) is 0.689. The van der Waals surface area contributed by atoms with Gasteiger partial charge in [-0.2, -0.15) is 12.6 Å². The SMILES string of the molecule is CCC1=C(c2ccccc2)[Si](C)(C)O[B-]1(CC)CC. The molecule has 0 saturated heterocycles. The van der Waals surface area contributed by atoms with Crippen molar-refractivity contribution in [3.05, 3.63) is 41.4 Å². The summed E-state index contributed by atoms with van der Waals surface area (Å²) in [4.78, 5) is 0. The maximum atomic E-state index is 6.73. The van der Waals surface area contributed by atoms with Crippen LogP contribution in [0.4, 0.5) is 0 Å². The first-order valence-electron chi connectivity index (χ1n) is 7.68. The molecule has 0 unspecified atom stereocenters. The predicted octanol–water partition coefficient (Wildman–Crippen LogP) is 5.15. The van der Waals surface area contributed by atoms with Crippen molar-refractivity contribution in [1.29, 1.82) is 0 Å². The zero-order valence-corrected chi connectivity index (χ0v) is 14.0. The maximum Gasteiger partial charge on any atom is 0.169 e. The number of benzene rings is 1. The zero-order valence-electron chi connectivity index (χ0n) is 13.0. The summed E-state index contributed by atoms with van der Waals surface area (Å²) in [6.45, 7) is 11.6. The van der Waals surface area contributed by atoms with Crippen molar-refractivity contribution in [1.82, 2.24) is 0 Å². The lowest BCUT2D eigenvalue weighted by molar-refractivity contribution is 0.559. The van der Waals surface area contributed by atoms with E-state index in [0.717, 1.165) is 19.1 Å². The van der Waals surface area contributed by atoms with Crippen molar-refractivity contribution in [3.8, 4) is 0 Å². The van der Waals surface area contributed by atoms with Crippen molar-refractivity contribution >= 4 is 19.9 Å². The summed E-state index contributed by atoms with van der Waals surface area (Å²) >= 11 is 0. The van der Waals surface area contributed by atoms with Crippen LogP contribution >= 0.6 is 0 Å². The van der Waals surface area contributed by atoms with Crippen molar-refractivity contribution in [3.63, 3.8) is 0 Å². The van der Waals surface area contributed by atoms with Gasteiger partial charge in [0.1, 0.15) is 6.35 Å². The molecular formula is C16H26BOSi-. The van der Waals surface area contributed by atoms with Gasteiger partial charge in [0.2, 0.25) is 0 Å². The van der Waals surface area contributed by atoms with Gasteiger partial charge < -0.3 is 4.34 Å². The van der Waals surface area contributed by atoms with Crippen LogP contribution in [0.5, 0.6) is 0 Å². The molecular weight excluding hydrogens is 247 g/mol. The Kier molecular flexibility index (Phi) is 4.07. The number of rotatable bonds is 4. The smallest absolute Gasteiger partial charge is 0.169 e. The summed E-state index contributed by atoms with van der Waals surface area (Å²) in [6.07, 6.45) is 2.67. The third kappa shape index (κ3) is 2.34. The summed E-state index contributed by atoms with van der Waals surface area (Å²) in [6, 6.07) is 10.9. The van der Waals surface area contributed by atoms with E-state index < -0.39 is 14.7 Å². The molecule has 104 valence electrons. The van der Waals surface area contributed by atoms with Gasteiger partial charge in [-0.1, -0.05) is 62.7 Å². The van der Waals surface area contributed by atoms with Crippen LogP contribution in [0.3, 0.4) is 0 Å². The van der Waals surface area contributed by atoms with Gasteiger partial charge >= 0.3 is 0 Å². The molecule has 1 aliphatic rings. The second-order valence-electron chi connectivity index (χ2n) is 6.21. The van der Waals surface area contributed by atoms with Crippen LogP contribution in [0.25, 0.3) is 5.20 Å². The van der Waals surface area contributed by atoms with Crippen LogP contribution < -0.4 is 0 Å². The van der Waals surface area contributed by atoms with Crippen LogP contribution in [0.15, 0.2) is 35.8 Å². The first-order valence-corrected chi connectivity index (χ1v) is 10.6. The minimum absolute atomic E-state index is 0.745. The molecule has 0 bridgehead atoms. The molecule has 0 atom stereocenters. The van der Waals surface area contributed by atoms with E-state index in [9.17, 15) is 0 Å². The molecule has 1 aromatic rings. The molecule has 0 N–H and O–H groups in total. The molecule has 3 heteroatoms. The Hall–Kier alpha value is -0.798. The minimum atomic E-state index is -1.76. The van der Waals surface area contributed by atoms with E-state index in [-0.39, 0.29) is 0 Å². The van der Waals surface area contributed by atoms with Crippen molar-refractivity contribution in [2.75, 3.05) is 0 Å². The third-order valence-corrected chi connectivity index (χ3v) is 7.70. The largest absolute Gasteiger partial charge is 0.628 e. The summed E-state index contributed by atoms with van der Waals surface area (Å²) < 4.78 is 6.73. The monoisotopic (exact) mass is 273 g/mol. The topological polar surface area (TPSA) is 9.23 Å². The maximum absolute atomic E-state index is 6.73. The Morgan fingerprint density at radius 3 is 2.05 bits per heavy atom. The highest BCUT2D eigenvalue weighted by atomic mass is 28.4. The molecule has 1 nitrogen and oxygen atoms in total. The first-order chi connectivity index (χ1) is 9.00. The fourth-order valence-electron chi connectivity index (χ4n) is 3.98. The highest BCUT2D eigenvalue weighted by molar-refractivity contribution is 7.05. The van der Waals surface area contributed by atoms with E-state index in [4.69, 9.17) is 4.34 Å². The molecule has 0 spiro atoms. The van der Waals surface area contributed by atoms with E-state index in [1.807, 2.05) is 0 Å². The standard InChI is InChI=1S/C16H26BOSi/c1-6-15-16(14-12-10-9-11-13-14)19(4,5)18-17(15,7-2)8-3/h9-13H,6-8H2,1-5H3/q-1. The second kappa shape index (κ2) is 5.30. The lowest BCUT2D eigenvalue weighted by Gasteiger charge is -2.40. The van der Waals surface area contributed by atoms with Gasteiger partial charge in [0.05, 0.1) is 0 Å². The normalized spacial score (nSPS) is 20.9. The summed E-state index contributed by atoms with van der Waals surface area (Å²) in [5.74, 6) is 0. The lowest BCUT2D eigenvalue weighted by atomic mass is 9.31. The molecule has 2 rings (SSSR count). The fraction of sp³-hybridized carbons (Fsp3) is 0.500. The summed E-state index contributed by atoms with van der Waals surface area (Å²) in [7, 11) is -1.76. The molecule has 1 aromatic carbocycles. The van der Waals surface area contributed by atoms with Crippen LogP contribution in [0.2, 0.25) is 25.7 Å². The molecule has 0 amide bonds. The zero-order chi connectivity index (χ0) is 14.1. The van der Waals surface area contributed by atoms with Gasteiger partial charge in [0.15, 0.2) is 8.32 Å². The highest BCUT2D eigenvalue weighted by Gasteiger charge is 2.43. The summed E-state index contributed by atoms with van der Waals surface area (Å²) in [5.41, 5.74) is 3.01. The predicted molar refractivity (Wildman–Crippen MR) is 88.9 cm³/mol. The minimum Gasteiger partial charge on any atom is -0.628 e. The number of allylic oxidation sites excluding steroid dienone is 1. The van der Waals surface area contributed by atoms with Crippen molar-refractivity contribution in [2.24, 2.45) is 0 Å². The van der Waals surface area contributed by atoms with Crippen LogP contribution in [0.1, 0.15) is 32.8 Å². The average molecular weight is 273 g/mol. The van der Waals surface area contributed by atoms with Crippen molar-refractivity contribution < 1.29 is 4.34 Å². The third-order valence-electron chi connectivity index (χ3n) is 4.84. The summed E-state index contributed by atoms with van der Waals surface area (Å²) in [5, 5.41) is 1.57.